The van der Waals surface area contributed by atoms with Gasteiger partial charge < -0.3 is 10.1 Å². The summed E-state index contributed by atoms with van der Waals surface area (Å²) in [5.41, 5.74) is 1.58. The molecule has 24 heavy (non-hydrogen) atoms. The van der Waals surface area contributed by atoms with Gasteiger partial charge in [-0.25, -0.2) is 9.18 Å². The third-order valence-electron chi connectivity index (χ3n) is 3.77. The lowest BCUT2D eigenvalue weighted by atomic mass is 9.98. The largest absolute Gasteiger partial charge is 0.448 e. The van der Waals surface area contributed by atoms with E-state index in [4.69, 9.17) is 4.74 Å². The number of hydrogen-bond acceptors (Lipinski definition) is 4. The Hall–Kier alpha value is -3.02. The number of carbonyl (C=O) groups is 3. The van der Waals surface area contributed by atoms with E-state index in [2.05, 4.69) is 5.32 Å². The molecule has 0 bridgehead atoms. The van der Waals surface area contributed by atoms with Gasteiger partial charge in [0, 0.05) is 17.7 Å². The fourth-order valence-electron chi connectivity index (χ4n) is 2.55. The highest BCUT2D eigenvalue weighted by Gasteiger charge is 2.31. The highest BCUT2D eigenvalue weighted by molar-refractivity contribution is 6.01. The molecule has 0 fully saturated rings. The molecule has 1 N–H and O–H groups in total. The maximum absolute atomic E-state index is 13.3. The lowest BCUT2D eigenvalue weighted by molar-refractivity contribution is -0.125. The second-order valence-corrected chi connectivity index (χ2v) is 5.53. The molecule has 122 valence electrons. The molecule has 0 aromatic heterocycles. The Morgan fingerprint density at radius 1 is 1.21 bits per heavy atom. The van der Waals surface area contributed by atoms with Crippen molar-refractivity contribution < 1.29 is 23.5 Å². The van der Waals surface area contributed by atoms with Gasteiger partial charge in [0.1, 0.15) is 5.82 Å². The number of carbonyl (C=O) groups excluding carboxylic acids is 3. The van der Waals surface area contributed by atoms with Gasteiger partial charge in [0.2, 0.25) is 0 Å². The summed E-state index contributed by atoms with van der Waals surface area (Å²) < 4.78 is 18.5. The minimum Gasteiger partial charge on any atom is -0.448 e. The Morgan fingerprint density at radius 2 is 2.00 bits per heavy atom. The van der Waals surface area contributed by atoms with E-state index >= 15 is 0 Å². The molecule has 2 aromatic rings. The normalized spacial score (nSPS) is 16.1. The summed E-state index contributed by atoms with van der Waals surface area (Å²) in [5.74, 6) is -1.79. The maximum atomic E-state index is 13.3. The molecule has 0 spiro atoms. The first-order valence-electron chi connectivity index (χ1n) is 7.35. The Bertz CT molecular complexity index is 847. The van der Waals surface area contributed by atoms with Crippen molar-refractivity contribution in [3.8, 4) is 0 Å². The average Bonchev–Trinajstić information content (AvgIpc) is 2.54. The van der Waals surface area contributed by atoms with E-state index in [0.717, 1.165) is 0 Å². The quantitative estimate of drug-likeness (QED) is 0.695. The molecule has 0 saturated carbocycles. The second-order valence-electron chi connectivity index (χ2n) is 5.53. The van der Waals surface area contributed by atoms with Crippen molar-refractivity contribution >= 4 is 23.3 Å². The first-order chi connectivity index (χ1) is 11.4. The number of esters is 1. The van der Waals surface area contributed by atoms with Crippen LogP contribution in [0, 0.1) is 5.82 Å². The lowest BCUT2D eigenvalue weighted by Gasteiger charge is -2.24. The zero-order valence-electron chi connectivity index (χ0n) is 12.8. The Morgan fingerprint density at radius 3 is 2.75 bits per heavy atom. The number of fused-ring (bicyclic) bond motifs is 1. The van der Waals surface area contributed by atoms with E-state index < -0.39 is 23.8 Å². The second kappa shape index (κ2) is 6.23. The third-order valence-corrected chi connectivity index (χ3v) is 3.77. The van der Waals surface area contributed by atoms with Crippen LogP contribution in [0.3, 0.4) is 0 Å². The first kappa shape index (κ1) is 15.9. The van der Waals surface area contributed by atoms with Gasteiger partial charge in [0.15, 0.2) is 11.9 Å². The van der Waals surface area contributed by atoms with Crippen LogP contribution >= 0.6 is 0 Å². The van der Waals surface area contributed by atoms with Gasteiger partial charge in [-0.3, -0.25) is 9.59 Å². The van der Waals surface area contributed by atoms with E-state index in [1.54, 1.807) is 24.3 Å². The molecule has 3 rings (SSSR count). The summed E-state index contributed by atoms with van der Waals surface area (Å²) in [5, 5.41) is 2.61. The zero-order chi connectivity index (χ0) is 17.3. The summed E-state index contributed by atoms with van der Waals surface area (Å²) in [7, 11) is 0. The molecule has 1 aliphatic heterocycles. The molecular formula is C18H14FNO4. The Kier molecular flexibility index (Phi) is 4.12. The number of rotatable bonds is 3. The van der Waals surface area contributed by atoms with Crippen LogP contribution in [0.1, 0.15) is 33.2 Å². The molecule has 1 atom stereocenters. The maximum Gasteiger partial charge on any atom is 0.339 e. The zero-order valence-corrected chi connectivity index (χ0v) is 12.8. The smallest absolute Gasteiger partial charge is 0.339 e. The van der Waals surface area contributed by atoms with Crippen LogP contribution in [-0.4, -0.2) is 23.8 Å². The van der Waals surface area contributed by atoms with Crippen molar-refractivity contribution in [2.24, 2.45) is 0 Å². The lowest BCUT2D eigenvalue weighted by Crippen LogP contribution is -2.38. The molecule has 1 aliphatic rings. The number of anilines is 1. The van der Waals surface area contributed by atoms with E-state index in [1.165, 1.54) is 25.1 Å². The number of Topliss-reactive ketones (excluding diaryl/α,β-unsaturated/α-hetero) is 1. The summed E-state index contributed by atoms with van der Waals surface area (Å²) in [6, 6.07) is 10.2. The summed E-state index contributed by atoms with van der Waals surface area (Å²) >= 11 is 0. The Labute approximate surface area is 137 Å². The van der Waals surface area contributed by atoms with Crippen molar-refractivity contribution in [1.29, 1.82) is 0 Å². The molecule has 1 unspecified atom stereocenters. The molecular weight excluding hydrogens is 313 g/mol. The predicted molar refractivity (Wildman–Crippen MR) is 84.4 cm³/mol. The van der Waals surface area contributed by atoms with E-state index in [1.807, 2.05) is 0 Å². The number of nitrogens with one attached hydrogen (secondary N) is 1. The van der Waals surface area contributed by atoms with Gasteiger partial charge in [-0.05, 0) is 42.8 Å². The van der Waals surface area contributed by atoms with Gasteiger partial charge in [-0.1, -0.05) is 12.1 Å². The molecule has 0 saturated heterocycles. The standard InChI is InChI=1S/C18H14FNO4/c1-10(21)11-3-2-4-14(8-11)20-17(22)16-9-12-7-13(19)5-6-15(12)18(23)24-16/h2-8,16H,9H2,1H3,(H,20,22). The van der Waals surface area contributed by atoms with E-state index in [-0.39, 0.29) is 17.8 Å². The van der Waals surface area contributed by atoms with E-state index in [9.17, 15) is 18.8 Å². The van der Waals surface area contributed by atoms with Crippen LogP contribution in [0.15, 0.2) is 42.5 Å². The molecule has 0 aliphatic carbocycles. The van der Waals surface area contributed by atoms with Gasteiger partial charge in [-0.15, -0.1) is 0 Å². The minimum atomic E-state index is -1.05. The highest BCUT2D eigenvalue weighted by Crippen LogP contribution is 2.23. The molecule has 1 amide bonds. The summed E-state index contributed by atoms with van der Waals surface area (Å²) in [6.07, 6.45) is -0.954. The Balaban J connectivity index is 1.78. The van der Waals surface area contributed by atoms with Crippen molar-refractivity contribution in [1.82, 2.24) is 0 Å². The molecule has 5 nitrogen and oxygen atoms in total. The van der Waals surface area contributed by atoms with Crippen LogP contribution in [0.25, 0.3) is 0 Å². The highest BCUT2D eigenvalue weighted by atomic mass is 19.1. The number of cyclic esters (lactones) is 1. The predicted octanol–water partition coefficient (Wildman–Crippen LogP) is 2.75. The summed E-state index contributed by atoms with van der Waals surface area (Å²) in [4.78, 5) is 35.6. The monoisotopic (exact) mass is 327 g/mol. The third kappa shape index (κ3) is 3.17. The molecule has 2 aromatic carbocycles. The van der Waals surface area contributed by atoms with Gasteiger partial charge in [0.05, 0.1) is 5.56 Å². The number of halogens is 1. The van der Waals surface area contributed by atoms with Crippen LogP contribution in [-0.2, 0) is 16.0 Å². The van der Waals surface area contributed by atoms with Crippen LogP contribution in [0.4, 0.5) is 10.1 Å². The van der Waals surface area contributed by atoms with Crippen LogP contribution in [0.5, 0.6) is 0 Å². The van der Waals surface area contributed by atoms with Gasteiger partial charge in [-0.2, -0.15) is 0 Å². The van der Waals surface area contributed by atoms with Crippen LogP contribution in [0.2, 0.25) is 0 Å². The fraction of sp³-hybridized carbons (Fsp3) is 0.167. The number of ketones is 1. The summed E-state index contributed by atoms with van der Waals surface area (Å²) in [6.45, 7) is 1.43. The first-order valence-corrected chi connectivity index (χ1v) is 7.35. The SMILES string of the molecule is CC(=O)c1cccc(NC(=O)C2Cc3cc(F)ccc3C(=O)O2)c1. The van der Waals surface area contributed by atoms with E-state index in [0.29, 0.717) is 16.8 Å². The number of benzene rings is 2. The molecule has 6 heteroatoms. The van der Waals surface area contributed by atoms with Gasteiger partial charge in [0.25, 0.3) is 5.91 Å². The van der Waals surface area contributed by atoms with Gasteiger partial charge >= 0.3 is 5.97 Å². The topological polar surface area (TPSA) is 72.5 Å². The van der Waals surface area contributed by atoms with Crippen molar-refractivity contribution in [2.75, 3.05) is 5.32 Å². The minimum absolute atomic E-state index is 0.0943. The fourth-order valence-corrected chi connectivity index (χ4v) is 2.55. The van der Waals surface area contributed by atoms with Crippen molar-refractivity contribution in [3.63, 3.8) is 0 Å². The molecule has 1 heterocycles. The van der Waals surface area contributed by atoms with Crippen molar-refractivity contribution in [3.05, 3.63) is 65.0 Å². The number of hydrogen-bond donors (Lipinski definition) is 1. The number of amides is 1. The van der Waals surface area contributed by atoms with Crippen molar-refractivity contribution in [2.45, 2.75) is 19.4 Å². The number of ether oxygens (including phenoxy) is 1. The molecule has 0 radical (unpaired) electrons. The average molecular weight is 327 g/mol. The van der Waals surface area contributed by atoms with Crippen LogP contribution < -0.4 is 5.32 Å².